The van der Waals surface area contributed by atoms with Crippen LogP contribution in [0, 0.1) is 17.4 Å². The van der Waals surface area contributed by atoms with Crippen LogP contribution in [0.1, 0.15) is 65.2 Å². The van der Waals surface area contributed by atoms with E-state index in [1.54, 1.807) is 6.26 Å². The third-order valence-electron chi connectivity index (χ3n) is 4.36. The number of carbonyl (C=O) groups excluding carboxylic acids is 3. The number of carbonyl (C=O) groups is 3. The van der Waals surface area contributed by atoms with Crippen LogP contribution in [0.2, 0.25) is 0 Å². The van der Waals surface area contributed by atoms with Gasteiger partial charge in [0.15, 0.2) is 0 Å². The molecule has 0 atom stereocenters. The topological polar surface area (TPSA) is 118 Å². The van der Waals surface area contributed by atoms with Gasteiger partial charge in [-0.25, -0.2) is 19.3 Å². The van der Waals surface area contributed by atoms with Crippen LogP contribution in [0.25, 0.3) is 0 Å². The van der Waals surface area contributed by atoms with E-state index in [4.69, 9.17) is 14.7 Å². The van der Waals surface area contributed by atoms with E-state index >= 15 is 0 Å². The maximum atomic E-state index is 12.5. The van der Waals surface area contributed by atoms with E-state index in [0.717, 1.165) is 55.9 Å². The Labute approximate surface area is 185 Å². The molecule has 0 aliphatic heterocycles. The molecule has 1 N–H and O–H groups in total. The lowest BCUT2D eigenvalue weighted by Gasteiger charge is -2.21. The van der Waals surface area contributed by atoms with Gasteiger partial charge in [-0.3, -0.25) is 0 Å². The summed E-state index contributed by atoms with van der Waals surface area (Å²) >= 11 is 0. The predicted molar refractivity (Wildman–Crippen MR) is 116 cm³/mol. The van der Waals surface area contributed by atoms with E-state index in [9.17, 15) is 14.4 Å². The molecule has 0 spiro atoms. The Hall–Kier alpha value is -2.76. The molecule has 0 aromatic carbocycles. The average molecular weight is 440 g/mol. The quantitative estimate of drug-likeness (QED) is 0.157. The van der Waals surface area contributed by atoms with E-state index in [2.05, 4.69) is 30.5 Å². The lowest BCUT2D eigenvalue weighted by atomic mass is 10.1. The van der Waals surface area contributed by atoms with Crippen LogP contribution in [0.5, 0.6) is 0 Å². The molecule has 0 radical (unpaired) electrons. The van der Waals surface area contributed by atoms with Gasteiger partial charge in [0.25, 0.3) is 6.26 Å². The van der Waals surface area contributed by atoms with Gasteiger partial charge in [-0.15, -0.1) is 0 Å². The van der Waals surface area contributed by atoms with Gasteiger partial charge in [0.05, 0.1) is 0 Å². The first-order valence-corrected chi connectivity index (χ1v) is 10.9. The minimum Gasteiger partial charge on any atom is -0.459 e. The second-order valence-electron chi connectivity index (χ2n) is 7.47. The Morgan fingerprint density at radius 2 is 1.68 bits per heavy atom. The molecule has 0 heterocycles. The van der Waals surface area contributed by atoms with Gasteiger partial charge in [0.1, 0.15) is 19.8 Å². The zero-order valence-corrected chi connectivity index (χ0v) is 18.9. The van der Waals surface area contributed by atoms with Crippen LogP contribution >= 0.6 is 0 Å². The molecule has 31 heavy (non-hydrogen) atoms. The van der Waals surface area contributed by atoms with E-state index in [0.29, 0.717) is 25.5 Å². The Bertz CT molecular complexity index is 574. The summed E-state index contributed by atoms with van der Waals surface area (Å²) < 4.78 is 14.4. The summed E-state index contributed by atoms with van der Waals surface area (Å²) in [5, 5.41) is 11.1. The minimum absolute atomic E-state index is 0.110. The Balaban J connectivity index is 4.40. The van der Waals surface area contributed by atoms with Gasteiger partial charge in [-0.2, -0.15) is 5.26 Å². The van der Waals surface area contributed by atoms with Crippen molar-refractivity contribution in [1.82, 2.24) is 10.2 Å². The fourth-order valence-electron chi connectivity index (χ4n) is 2.67. The first kappa shape index (κ1) is 28.2. The fraction of sp³-hybridized carbons (Fsp3) is 0.727. The van der Waals surface area contributed by atoms with E-state index in [1.165, 1.54) is 0 Å². The summed E-state index contributed by atoms with van der Waals surface area (Å²) in [4.78, 5) is 36.9. The van der Waals surface area contributed by atoms with Gasteiger partial charge in [0, 0.05) is 19.2 Å². The Morgan fingerprint density at radius 1 is 1.00 bits per heavy atom. The van der Waals surface area contributed by atoms with Crippen molar-refractivity contribution in [3.8, 4) is 6.26 Å². The van der Waals surface area contributed by atoms with Gasteiger partial charge < -0.3 is 19.5 Å². The first-order valence-electron chi connectivity index (χ1n) is 10.9. The van der Waals surface area contributed by atoms with Gasteiger partial charge in [-0.1, -0.05) is 46.1 Å². The maximum absolute atomic E-state index is 12.5. The van der Waals surface area contributed by atoms with Crippen molar-refractivity contribution in [1.29, 1.82) is 5.26 Å². The van der Waals surface area contributed by atoms with Crippen molar-refractivity contribution < 1.29 is 28.6 Å². The molecule has 0 saturated heterocycles. The predicted octanol–water partition coefficient (Wildman–Crippen LogP) is 4.14. The summed E-state index contributed by atoms with van der Waals surface area (Å²) in [7, 11) is 0. The van der Waals surface area contributed by atoms with E-state index in [-0.39, 0.29) is 19.8 Å². The summed E-state index contributed by atoms with van der Waals surface area (Å²) in [5.41, 5.74) is 0. The number of amides is 3. The summed E-state index contributed by atoms with van der Waals surface area (Å²) in [6.07, 6.45) is 8.92. The SMILES string of the molecule is C=CC(=O)OCCOC(=O)N(CCCCCCOC#N)C(=O)NCCCCCC(C)C. The van der Waals surface area contributed by atoms with E-state index < -0.39 is 18.1 Å². The van der Waals surface area contributed by atoms with Crippen LogP contribution in [0.15, 0.2) is 12.7 Å². The highest BCUT2D eigenvalue weighted by Gasteiger charge is 2.22. The second kappa shape index (κ2) is 19.2. The van der Waals surface area contributed by atoms with Crippen molar-refractivity contribution >= 4 is 18.1 Å². The first-order chi connectivity index (χ1) is 14.9. The smallest absolute Gasteiger partial charge is 0.418 e. The number of esters is 1. The zero-order valence-electron chi connectivity index (χ0n) is 18.9. The molecule has 0 bridgehead atoms. The third-order valence-corrected chi connectivity index (χ3v) is 4.36. The molecule has 9 heteroatoms. The van der Waals surface area contributed by atoms with E-state index in [1.807, 2.05) is 0 Å². The highest BCUT2D eigenvalue weighted by atomic mass is 16.6. The number of rotatable bonds is 17. The van der Waals surface area contributed by atoms with Crippen molar-refractivity contribution in [2.45, 2.75) is 65.2 Å². The molecule has 0 unspecified atom stereocenters. The van der Waals surface area contributed by atoms with Crippen LogP contribution in [0.4, 0.5) is 9.59 Å². The molecule has 9 nitrogen and oxygen atoms in total. The maximum Gasteiger partial charge on any atom is 0.418 e. The molecule has 0 aliphatic rings. The van der Waals surface area contributed by atoms with Gasteiger partial charge >= 0.3 is 18.1 Å². The highest BCUT2D eigenvalue weighted by Crippen LogP contribution is 2.08. The van der Waals surface area contributed by atoms with Crippen LogP contribution in [-0.2, 0) is 19.0 Å². The number of ether oxygens (including phenoxy) is 3. The summed E-state index contributed by atoms with van der Waals surface area (Å²) in [5.74, 6) is 0.0561. The number of nitrogens with zero attached hydrogens (tertiary/aromatic N) is 2. The minimum atomic E-state index is -0.778. The van der Waals surface area contributed by atoms with Crippen molar-refractivity contribution in [3.63, 3.8) is 0 Å². The third kappa shape index (κ3) is 16.7. The number of nitrogens with one attached hydrogen (secondary N) is 1. The molecule has 0 aliphatic carbocycles. The number of imide groups is 1. The van der Waals surface area contributed by atoms with Crippen LogP contribution in [0.3, 0.4) is 0 Å². The van der Waals surface area contributed by atoms with Crippen molar-refractivity contribution in [2.24, 2.45) is 5.92 Å². The number of nitriles is 1. The fourth-order valence-corrected chi connectivity index (χ4v) is 2.67. The molecule has 0 fully saturated rings. The lowest BCUT2D eigenvalue weighted by molar-refractivity contribution is -0.138. The number of hydrogen-bond acceptors (Lipinski definition) is 7. The zero-order chi connectivity index (χ0) is 23.3. The largest absolute Gasteiger partial charge is 0.459 e. The standard InChI is InChI=1S/C22H37N3O6/c1-4-20(26)30-16-17-31-22(28)25(14-10-5-6-11-15-29-18-23)21(27)24-13-9-7-8-12-19(2)3/h4,19H,1,5-17H2,2-3H3,(H,24,27). The molecular weight excluding hydrogens is 402 g/mol. The number of urea groups is 1. The van der Waals surface area contributed by atoms with Crippen LogP contribution in [-0.4, -0.2) is 55.9 Å². The average Bonchev–Trinajstić information content (AvgIpc) is 2.74. The molecule has 3 amide bonds. The van der Waals surface area contributed by atoms with Crippen LogP contribution < -0.4 is 5.32 Å². The Kier molecular flexibility index (Phi) is 17.5. The summed E-state index contributed by atoms with van der Waals surface area (Å²) in [6, 6.07) is -0.496. The number of hydrogen-bond donors (Lipinski definition) is 1. The van der Waals surface area contributed by atoms with Crippen molar-refractivity contribution in [2.75, 3.05) is 32.9 Å². The molecule has 0 rings (SSSR count). The second-order valence-corrected chi connectivity index (χ2v) is 7.47. The van der Waals surface area contributed by atoms with Gasteiger partial charge in [-0.05, 0) is 31.6 Å². The normalized spacial score (nSPS) is 10.1. The monoisotopic (exact) mass is 439 g/mol. The number of unbranched alkanes of at least 4 members (excludes halogenated alkanes) is 5. The molecule has 176 valence electrons. The summed E-state index contributed by atoms with van der Waals surface area (Å²) in [6.45, 7) is 8.45. The Morgan fingerprint density at radius 3 is 2.35 bits per heavy atom. The lowest BCUT2D eigenvalue weighted by Crippen LogP contribution is -2.45. The highest BCUT2D eigenvalue weighted by molar-refractivity contribution is 5.90. The van der Waals surface area contributed by atoms with Crippen molar-refractivity contribution in [3.05, 3.63) is 12.7 Å². The molecular formula is C22H37N3O6. The molecule has 0 saturated carbocycles. The molecule has 0 aromatic heterocycles. The molecule has 0 aromatic rings. The van der Waals surface area contributed by atoms with Gasteiger partial charge in [0.2, 0.25) is 0 Å².